The molecule has 2 saturated carbocycles. The van der Waals surface area contributed by atoms with E-state index in [1.807, 2.05) is 6.92 Å². The maximum atomic E-state index is 14.3. The fourth-order valence-corrected chi connectivity index (χ4v) is 7.92. The van der Waals surface area contributed by atoms with Gasteiger partial charge in [0, 0.05) is 23.8 Å². The normalized spacial score (nSPS) is 25.2. The van der Waals surface area contributed by atoms with Crippen molar-refractivity contribution in [2.24, 2.45) is 29.6 Å². The van der Waals surface area contributed by atoms with E-state index in [-0.39, 0.29) is 40.7 Å². The number of carbonyl (C=O) groups excluding carboxylic acids is 4. The first-order chi connectivity index (χ1) is 21.1. The lowest BCUT2D eigenvalue weighted by atomic mass is 9.66. The predicted molar refractivity (Wildman–Crippen MR) is 174 cm³/mol. The average Bonchev–Trinajstić information content (AvgIpc) is 3.41. The van der Waals surface area contributed by atoms with Crippen molar-refractivity contribution in [2.45, 2.75) is 97.8 Å². The summed E-state index contributed by atoms with van der Waals surface area (Å²) in [6.07, 6.45) is 9.98. The lowest BCUT2D eigenvalue weighted by molar-refractivity contribution is -0.136. The van der Waals surface area contributed by atoms with Crippen molar-refractivity contribution >= 4 is 28.7 Å². The van der Waals surface area contributed by atoms with Crippen LogP contribution in [0, 0.1) is 36.5 Å². The highest BCUT2D eigenvalue weighted by Gasteiger charge is 2.40. The van der Waals surface area contributed by atoms with Gasteiger partial charge in [0.2, 0.25) is 11.6 Å². The smallest absolute Gasteiger partial charge is 0.229 e. The number of Topliss-reactive ketones (excluding diaryl/α,β-unsaturated/α-hetero) is 4. The molecule has 2 aromatic carbocycles. The van der Waals surface area contributed by atoms with Crippen LogP contribution in [0.15, 0.2) is 42.5 Å². The summed E-state index contributed by atoms with van der Waals surface area (Å²) in [6, 6.07) is 12.3. The second-order valence-electron chi connectivity index (χ2n) is 13.8. The van der Waals surface area contributed by atoms with Gasteiger partial charge in [-0.3, -0.25) is 19.2 Å². The van der Waals surface area contributed by atoms with E-state index in [1.54, 1.807) is 25.3 Å². The minimum absolute atomic E-state index is 0.0112. The number of aryl methyl sites for hydroxylation is 1. The van der Waals surface area contributed by atoms with E-state index >= 15 is 0 Å². The third-order valence-corrected chi connectivity index (χ3v) is 10.6. The number of allylic oxidation sites excluding steroid dienone is 2. The van der Waals surface area contributed by atoms with Crippen LogP contribution in [0.2, 0.25) is 0 Å². The summed E-state index contributed by atoms with van der Waals surface area (Å²) in [6.45, 7) is 8.49. The maximum Gasteiger partial charge on any atom is 0.229 e. The Morgan fingerprint density at radius 2 is 1.61 bits per heavy atom. The van der Waals surface area contributed by atoms with E-state index in [0.717, 1.165) is 51.4 Å². The molecule has 5 unspecified atom stereocenters. The number of benzene rings is 2. The summed E-state index contributed by atoms with van der Waals surface area (Å²) in [7, 11) is 1.55. The molecule has 44 heavy (non-hydrogen) atoms. The summed E-state index contributed by atoms with van der Waals surface area (Å²) in [4.78, 5) is 54.6. The zero-order valence-electron chi connectivity index (χ0n) is 27.1. The third-order valence-electron chi connectivity index (χ3n) is 10.6. The zero-order chi connectivity index (χ0) is 31.5. The van der Waals surface area contributed by atoms with Crippen LogP contribution >= 0.6 is 0 Å². The van der Waals surface area contributed by atoms with E-state index in [2.05, 4.69) is 45.0 Å². The van der Waals surface area contributed by atoms with Gasteiger partial charge in [0.05, 0.1) is 18.6 Å². The molecule has 0 radical (unpaired) electrons. The largest absolute Gasteiger partial charge is 0.496 e. The van der Waals surface area contributed by atoms with Crippen molar-refractivity contribution in [1.29, 1.82) is 0 Å². The number of ketones is 4. The number of hydrogen-bond donors (Lipinski definition) is 0. The lowest BCUT2D eigenvalue weighted by Gasteiger charge is -2.38. The topological polar surface area (TPSA) is 77.5 Å². The Bertz CT molecular complexity index is 1440. The molecule has 5 nitrogen and oxygen atoms in total. The van der Waals surface area contributed by atoms with Gasteiger partial charge in [-0.2, -0.15) is 0 Å². The van der Waals surface area contributed by atoms with Crippen molar-refractivity contribution in [1.82, 2.24) is 0 Å². The molecule has 234 valence electrons. The number of ether oxygens (including phenoxy) is 1. The second kappa shape index (κ2) is 13.7. The summed E-state index contributed by atoms with van der Waals surface area (Å²) >= 11 is 0. The molecule has 0 amide bonds. The molecule has 3 aliphatic carbocycles. The number of methoxy groups -OCH3 is 1. The number of carbonyl (C=O) groups is 4. The lowest BCUT2D eigenvalue weighted by Crippen LogP contribution is -2.35. The Morgan fingerprint density at radius 1 is 0.909 bits per heavy atom. The number of rotatable bonds is 11. The maximum absolute atomic E-state index is 14.3. The Kier molecular flexibility index (Phi) is 10.0. The highest BCUT2D eigenvalue weighted by molar-refractivity contribution is 6.55. The molecular weight excluding hydrogens is 548 g/mol. The van der Waals surface area contributed by atoms with Crippen LogP contribution in [-0.2, 0) is 20.8 Å². The zero-order valence-corrected chi connectivity index (χ0v) is 27.1. The Hall–Kier alpha value is -3.34. The molecule has 3 aliphatic rings. The fourth-order valence-electron chi connectivity index (χ4n) is 7.92. The van der Waals surface area contributed by atoms with E-state index in [9.17, 15) is 19.2 Å². The summed E-state index contributed by atoms with van der Waals surface area (Å²) < 4.78 is 5.77. The van der Waals surface area contributed by atoms with E-state index in [0.29, 0.717) is 47.1 Å². The molecule has 5 rings (SSSR count). The molecule has 0 aliphatic heterocycles. The standard InChI is InChI=1S/C39H48O5/c1-6-10-35(40)32-21-33(39(43)37(41)27-11-8-7-9-12-27)30-20-34(36(44-5)22-31(30)32)38(42)29-18-24(3)28(17-25(29)4)19-26-15-13-23(2)14-16-26/h13-16,20-22,24-25,27-29,32H,6-12,17-19H2,1-5H3. The van der Waals surface area contributed by atoms with Gasteiger partial charge in [-0.25, -0.2) is 0 Å². The molecule has 0 aromatic heterocycles. The van der Waals surface area contributed by atoms with Crippen LogP contribution < -0.4 is 4.74 Å². The fraction of sp³-hybridized carbons (Fsp3) is 0.538. The Balaban J connectivity index is 1.44. The molecule has 5 atom stereocenters. The van der Waals surface area contributed by atoms with Gasteiger partial charge in [0.25, 0.3) is 0 Å². The van der Waals surface area contributed by atoms with E-state index in [4.69, 9.17) is 4.74 Å². The molecule has 0 saturated heterocycles. The van der Waals surface area contributed by atoms with Crippen molar-refractivity contribution in [3.8, 4) is 5.75 Å². The van der Waals surface area contributed by atoms with Gasteiger partial charge in [-0.15, -0.1) is 0 Å². The van der Waals surface area contributed by atoms with E-state index < -0.39 is 11.7 Å². The molecular formula is C39H48O5. The summed E-state index contributed by atoms with van der Waals surface area (Å²) in [5.41, 5.74) is 4.53. The highest BCUT2D eigenvalue weighted by atomic mass is 16.5. The summed E-state index contributed by atoms with van der Waals surface area (Å²) in [5.74, 6) is -0.387. The van der Waals surface area contributed by atoms with Gasteiger partial charge in [-0.05, 0) is 92.0 Å². The van der Waals surface area contributed by atoms with Gasteiger partial charge >= 0.3 is 0 Å². The van der Waals surface area contributed by atoms with Crippen LogP contribution in [0.25, 0.3) is 5.57 Å². The Morgan fingerprint density at radius 3 is 2.27 bits per heavy atom. The van der Waals surface area contributed by atoms with Crippen LogP contribution in [0.3, 0.4) is 0 Å². The minimum Gasteiger partial charge on any atom is -0.496 e. The van der Waals surface area contributed by atoms with Crippen molar-refractivity contribution in [3.63, 3.8) is 0 Å². The molecule has 0 spiro atoms. The van der Waals surface area contributed by atoms with Crippen LogP contribution in [0.1, 0.15) is 117 Å². The van der Waals surface area contributed by atoms with Crippen LogP contribution in [0.4, 0.5) is 0 Å². The van der Waals surface area contributed by atoms with Gasteiger partial charge in [0.1, 0.15) is 11.5 Å². The molecule has 2 aromatic rings. The quantitative estimate of drug-likeness (QED) is 0.193. The first-order valence-electron chi connectivity index (χ1n) is 16.8. The average molecular weight is 597 g/mol. The highest BCUT2D eigenvalue weighted by Crippen LogP contribution is 2.45. The summed E-state index contributed by atoms with van der Waals surface area (Å²) in [5, 5.41) is 0. The first kappa shape index (κ1) is 32.1. The van der Waals surface area contributed by atoms with Gasteiger partial charge < -0.3 is 4.74 Å². The monoisotopic (exact) mass is 596 g/mol. The van der Waals surface area contributed by atoms with Crippen molar-refractivity contribution in [2.75, 3.05) is 7.11 Å². The molecule has 0 heterocycles. The van der Waals surface area contributed by atoms with Crippen molar-refractivity contribution in [3.05, 3.63) is 70.3 Å². The number of fused-ring (bicyclic) bond motifs is 1. The van der Waals surface area contributed by atoms with Gasteiger partial charge in [0.15, 0.2) is 5.78 Å². The second-order valence-corrected chi connectivity index (χ2v) is 13.8. The SMILES string of the molecule is CCCC(=O)C1C=C(C(=O)C(=O)C2CCCCC2)c2cc(C(=O)C3CC(C)C(Cc4ccc(C)cc4)CC3C)c(OC)cc21. The first-order valence-corrected chi connectivity index (χ1v) is 16.8. The van der Waals surface area contributed by atoms with Crippen LogP contribution in [0.5, 0.6) is 5.75 Å². The molecule has 2 fully saturated rings. The Labute approximate surface area is 262 Å². The third kappa shape index (κ3) is 6.53. The number of hydrogen-bond acceptors (Lipinski definition) is 5. The minimum atomic E-state index is -0.614. The predicted octanol–water partition coefficient (Wildman–Crippen LogP) is 8.30. The van der Waals surface area contributed by atoms with Gasteiger partial charge in [-0.1, -0.05) is 75.9 Å². The van der Waals surface area contributed by atoms with E-state index in [1.165, 1.54) is 11.1 Å². The van der Waals surface area contributed by atoms with Crippen molar-refractivity contribution < 1.29 is 23.9 Å². The molecule has 5 heteroatoms. The molecule has 0 N–H and O–H groups in total. The molecule has 0 bridgehead atoms. The van der Waals surface area contributed by atoms with Crippen LogP contribution in [-0.4, -0.2) is 30.2 Å².